The van der Waals surface area contributed by atoms with E-state index in [1.165, 1.54) is 6.42 Å². The Kier molecular flexibility index (Phi) is 6.57. The van der Waals surface area contributed by atoms with Gasteiger partial charge in [-0.05, 0) is 12.3 Å². The second-order valence-electron chi connectivity index (χ2n) is 3.26. The fourth-order valence-corrected chi connectivity index (χ4v) is 0.959. The molecule has 0 saturated carbocycles. The van der Waals surface area contributed by atoms with Gasteiger partial charge in [0.25, 0.3) is 0 Å². The summed E-state index contributed by atoms with van der Waals surface area (Å²) in [5.74, 6) is 0.804. The van der Waals surface area contributed by atoms with Crippen LogP contribution < -0.4 is 5.43 Å². The van der Waals surface area contributed by atoms with Crippen molar-refractivity contribution in [2.75, 3.05) is 19.6 Å². The standard InChI is InChI=1S/C9H22N2/c1-5-11(6-2)10-8-7-9(3)4/h9-10H,5-8H2,1-4H3. The third kappa shape index (κ3) is 6.32. The quantitative estimate of drug-likeness (QED) is 0.594. The van der Waals surface area contributed by atoms with Gasteiger partial charge >= 0.3 is 0 Å². The molecule has 0 spiro atoms. The molecular formula is C9H22N2. The van der Waals surface area contributed by atoms with Gasteiger partial charge in [-0.1, -0.05) is 27.7 Å². The first-order chi connectivity index (χ1) is 5.20. The summed E-state index contributed by atoms with van der Waals surface area (Å²) in [7, 11) is 0. The van der Waals surface area contributed by atoms with Crippen molar-refractivity contribution in [1.29, 1.82) is 0 Å². The Morgan fingerprint density at radius 3 is 2.09 bits per heavy atom. The van der Waals surface area contributed by atoms with Crippen LogP contribution >= 0.6 is 0 Å². The van der Waals surface area contributed by atoms with Gasteiger partial charge in [-0.25, -0.2) is 5.01 Å². The first kappa shape index (κ1) is 10.9. The van der Waals surface area contributed by atoms with Crippen LogP contribution in [0.4, 0.5) is 0 Å². The highest BCUT2D eigenvalue weighted by atomic mass is 15.5. The van der Waals surface area contributed by atoms with E-state index in [1.807, 2.05) is 0 Å². The van der Waals surface area contributed by atoms with Crippen LogP contribution in [-0.4, -0.2) is 24.6 Å². The van der Waals surface area contributed by atoms with E-state index in [1.54, 1.807) is 0 Å². The van der Waals surface area contributed by atoms with E-state index in [4.69, 9.17) is 0 Å². The maximum atomic E-state index is 3.38. The average Bonchev–Trinajstić information content (AvgIpc) is 1.98. The number of hydrogen-bond acceptors (Lipinski definition) is 2. The first-order valence-electron chi connectivity index (χ1n) is 4.69. The van der Waals surface area contributed by atoms with Crippen LogP contribution in [0.1, 0.15) is 34.1 Å². The molecule has 0 fully saturated rings. The summed E-state index contributed by atoms with van der Waals surface area (Å²) in [6.45, 7) is 12.1. The lowest BCUT2D eigenvalue weighted by Crippen LogP contribution is -2.38. The van der Waals surface area contributed by atoms with Gasteiger partial charge in [0.2, 0.25) is 0 Å². The molecule has 11 heavy (non-hydrogen) atoms. The number of rotatable bonds is 6. The molecule has 0 aliphatic heterocycles. The number of nitrogens with zero attached hydrogens (tertiary/aromatic N) is 1. The Hall–Kier alpha value is -0.0800. The van der Waals surface area contributed by atoms with E-state index in [2.05, 4.69) is 38.1 Å². The van der Waals surface area contributed by atoms with Crippen molar-refractivity contribution < 1.29 is 0 Å². The van der Waals surface area contributed by atoms with Gasteiger partial charge in [-0.2, -0.15) is 0 Å². The van der Waals surface area contributed by atoms with E-state index < -0.39 is 0 Å². The van der Waals surface area contributed by atoms with Crippen LogP contribution in [0, 0.1) is 5.92 Å². The minimum Gasteiger partial charge on any atom is -0.255 e. The van der Waals surface area contributed by atoms with Crippen molar-refractivity contribution in [3.05, 3.63) is 0 Å². The average molecular weight is 158 g/mol. The van der Waals surface area contributed by atoms with Crippen molar-refractivity contribution in [2.24, 2.45) is 5.92 Å². The van der Waals surface area contributed by atoms with Gasteiger partial charge in [0.1, 0.15) is 0 Å². The number of hydrazine groups is 1. The van der Waals surface area contributed by atoms with Crippen LogP contribution in [0.2, 0.25) is 0 Å². The molecule has 2 heteroatoms. The maximum absolute atomic E-state index is 3.38. The molecule has 0 heterocycles. The van der Waals surface area contributed by atoms with E-state index >= 15 is 0 Å². The summed E-state index contributed by atoms with van der Waals surface area (Å²) < 4.78 is 0. The Morgan fingerprint density at radius 2 is 1.73 bits per heavy atom. The van der Waals surface area contributed by atoms with E-state index in [0.717, 1.165) is 25.6 Å². The molecule has 0 radical (unpaired) electrons. The van der Waals surface area contributed by atoms with Gasteiger partial charge in [0.15, 0.2) is 0 Å². The van der Waals surface area contributed by atoms with Crippen molar-refractivity contribution in [2.45, 2.75) is 34.1 Å². The minimum atomic E-state index is 0.804. The van der Waals surface area contributed by atoms with Crippen LogP contribution in [0.25, 0.3) is 0 Å². The van der Waals surface area contributed by atoms with E-state index in [-0.39, 0.29) is 0 Å². The van der Waals surface area contributed by atoms with Crippen LogP contribution in [0.5, 0.6) is 0 Å². The van der Waals surface area contributed by atoms with Gasteiger partial charge in [0.05, 0.1) is 0 Å². The smallest absolute Gasteiger partial charge is 0.0105 e. The van der Waals surface area contributed by atoms with Gasteiger partial charge in [-0.15, -0.1) is 0 Å². The minimum absolute atomic E-state index is 0.804. The molecule has 0 aromatic heterocycles. The van der Waals surface area contributed by atoms with E-state index in [0.29, 0.717) is 0 Å². The monoisotopic (exact) mass is 158 g/mol. The van der Waals surface area contributed by atoms with Crippen molar-refractivity contribution in [1.82, 2.24) is 10.4 Å². The highest BCUT2D eigenvalue weighted by molar-refractivity contribution is 4.49. The zero-order chi connectivity index (χ0) is 8.69. The largest absolute Gasteiger partial charge is 0.255 e. The van der Waals surface area contributed by atoms with Gasteiger partial charge < -0.3 is 0 Å². The third-order valence-electron chi connectivity index (χ3n) is 1.82. The molecular weight excluding hydrogens is 136 g/mol. The molecule has 0 aliphatic rings. The molecule has 1 N–H and O–H groups in total. The maximum Gasteiger partial charge on any atom is 0.0105 e. The predicted octanol–water partition coefficient (Wildman–Crippen LogP) is 1.88. The SMILES string of the molecule is CCN(CC)NCCC(C)C. The second kappa shape index (κ2) is 6.62. The highest BCUT2D eigenvalue weighted by Crippen LogP contribution is 1.96. The summed E-state index contributed by atoms with van der Waals surface area (Å²) in [4.78, 5) is 0. The molecule has 0 saturated heterocycles. The summed E-state index contributed by atoms with van der Waals surface area (Å²) in [5.41, 5.74) is 3.38. The molecule has 2 nitrogen and oxygen atoms in total. The Bertz CT molecular complexity index is 77.6. The molecule has 68 valence electrons. The van der Waals surface area contributed by atoms with Crippen molar-refractivity contribution >= 4 is 0 Å². The molecule has 0 aromatic carbocycles. The van der Waals surface area contributed by atoms with Gasteiger partial charge in [-0.3, -0.25) is 5.43 Å². The summed E-state index contributed by atoms with van der Waals surface area (Å²) in [6.07, 6.45) is 1.26. The predicted molar refractivity (Wildman–Crippen MR) is 50.4 cm³/mol. The Labute approximate surface area is 70.9 Å². The molecule has 0 rings (SSSR count). The molecule has 0 atom stereocenters. The number of hydrogen-bond donors (Lipinski definition) is 1. The lowest BCUT2D eigenvalue weighted by molar-refractivity contribution is 0.204. The third-order valence-corrected chi connectivity index (χ3v) is 1.82. The zero-order valence-corrected chi connectivity index (χ0v) is 8.35. The topological polar surface area (TPSA) is 15.3 Å². The first-order valence-corrected chi connectivity index (χ1v) is 4.69. The summed E-state index contributed by atoms with van der Waals surface area (Å²) in [5, 5.41) is 2.24. The van der Waals surface area contributed by atoms with Crippen LogP contribution in [0.3, 0.4) is 0 Å². The zero-order valence-electron chi connectivity index (χ0n) is 8.35. The fourth-order valence-electron chi connectivity index (χ4n) is 0.959. The Balaban J connectivity index is 3.21. The molecule has 0 amide bonds. The van der Waals surface area contributed by atoms with Crippen molar-refractivity contribution in [3.8, 4) is 0 Å². The molecule has 0 bridgehead atoms. The van der Waals surface area contributed by atoms with Crippen LogP contribution in [-0.2, 0) is 0 Å². The summed E-state index contributed by atoms with van der Waals surface area (Å²) in [6, 6.07) is 0. The molecule has 0 unspecified atom stereocenters. The normalized spacial score (nSPS) is 11.5. The fraction of sp³-hybridized carbons (Fsp3) is 1.00. The highest BCUT2D eigenvalue weighted by Gasteiger charge is 1.97. The van der Waals surface area contributed by atoms with Crippen molar-refractivity contribution in [3.63, 3.8) is 0 Å². The second-order valence-corrected chi connectivity index (χ2v) is 3.26. The number of nitrogens with one attached hydrogen (secondary N) is 1. The molecule has 0 aliphatic carbocycles. The molecule has 0 aromatic rings. The summed E-state index contributed by atoms with van der Waals surface area (Å²) >= 11 is 0. The van der Waals surface area contributed by atoms with E-state index in [9.17, 15) is 0 Å². The van der Waals surface area contributed by atoms with Crippen LogP contribution in [0.15, 0.2) is 0 Å². The van der Waals surface area contributed by atoms with Gasteiger partial charge in [0, 0.05) is 19.6 Å². The lowest BCUT2D eigenvalue weighted by Gasteiger charge is -2.19. The lowest BCUT2D eigenvalue weighted by atomic mass is 10.1. The Morgan fingerprint density at radius 1 is 1.18 bits per heavy atom.